The van der Waals surface area contributed by atoms with Crippen LogP contribution in [0.3, 0.4) is 0 Å². The fraction of sp³-hybridized carbons (Fsp3) is 0.524. The summed E-state index contributed by atoms with van der Waals surface area (Å²) in [5.41, 5.74) is 3.74. The number of amides is 1. The Morgan fingerprint density at radius 3 is 2.70 bits per heavy atom. The number of nitrogens with zero attached hydrogens (tertiary/aromatic N) is 3. The molecule has 1 aliphatic heterocycles. The van der Waals surface area contributed by atoms with Crippen molar-refractivity contribution in [1.29, 1.82) is 0 Å². The molecule has 1 saturated carbocycles. The van der Waals surface area contributed by atoms with Gasteiger partial charge in [-0.15, -0.1) is 11.3 Å². The van der Waals surface area contributed by atoms with Crippen LogP contribution >= 0.6 is 11.3 Å². The van der Waals surface area contributed by atoms with E-state index < -0.39 is 0 Å². The first-order valence-corrected chi connectivity index (χ1v) is 10.8. The summed E-state index contributed by atoms with van der Waals surface area (Å²) >= 11 is 1.61. The van der Waals surface area contributed by atoms with Crippen molar-refractivity contribution in [2.75, 3.05) is 31.5 Å². The standard InChI is InChI=1S/C21H28N4OS/c1-16-18(7-4-8-19(16)23-21-22-9-14-27-21)15-24-10-12-25(13-11-24)20(26)17-5-2-3-6-17/h4,7-9,14,17H,2-3,5-6,10-13,15H2,1H3,(H,22,23). The highest BCUT2D eigenvalue weighted by atomic mass is 32.1. The van der Waals surface area contributed by atoms with Crippen molar-refractivity contribution in [3.8, 4) is 0 Å². The molecule has 1 N–H and O–H groups in total. The minimum atomic E-state index is 0.299. The second-order valence-corrected chi connectivity index (χ2v) is 8.53. The highest BCUT2D eigenvalue weighted by Gasteiger charge is 2.29. The van der Waals surface area contributed by atoms with Gasteiger partial charge >= 0.3 is 0 Å². The van der Waals surface area contributed by atoms with Crippen molar-refractivity contribution < 1.29 is 4.79 Å². The third-order valence-electron chi connectivity index (χ3n) is 5.90. The molecule has 5 nitrogen and oxygen atoms in total. The van der Waals surface area contributed by atoms with Gasteiger partial charge in [0.2, 0.25) is 5.91 Å². The summed E-state index contributed by atoms with van der Waals surface area (Å²) < 4.78 is 0. The number of piperazine rings is 1. The van der Waals surface area contributed by atoms with E-state index in [1.54, 1.807) is 11.3 Å². The van der Waals surface area contributed by atoms with Gasteiger partial charge in [-0.3, -0.25) is 9.69 Å². The lowest BCUT2D eigenvalue weighted by Crippen LogP contribution is -2.49. The minimum Gasteiger partial charge on any atom is -0.340 e. The molecule has 4 rings (SSSR count). The van der Waals surface area contributed by atoms with Gasteiger partial charge in [0.15, 0.2) is 5.13 Å². The summed E-state index contributed by atoms with van der Waals surface area (Å²) in [6, 6.07) is 6.43. The van der Waals surface area contributed by atoms with Gasteiger partial charge in [-0.1, -0.05) is 25.0 Å². The zero-order valence-electron chi connectivity index (χ0n) is 16.0. The van der Waals surface area contributed by atoms with Gasteiger partial charge in [-0.2, -0.15) is 0 Å². The van der Waals surface area contributed by atoms with Crippen LogP contribution in [-0.4, -0.2) is 46.9 Å². The van der Waals surface area contributed by atoms with Gasteiger partial charge in [0.25, 0.3) is 0 Å². The van der Waals surface area contributed by atoms with Crippen LogP contribution in [0.4, 0.5) is 10.8 Å². The van der Waals surface area contributed by atoms with Crippen molar-refractivity contribution in [2.45, 2.75) is 39.2 Å². The Morgan fingerprint density at radius 1 is 1.22 bits per heavy atom. The molecule has 1 saturated heterocycles. The minimum absolute atomic E-state index is 0.299. The molecule has 2 aromatic rings. The average Bonchev–Trinajstić information content (AvgIpc) is 3.39. The van der Waals surface area contributed by atoms with Gasteiger partial charge in [-0.25, -0.2) is 4.98 Å². The zero-order chi connectivity index (χ0) is 18.6. The third-order valence-corrected chi connectivity index (χ3v) is 6.59. The summed E-state index contributed by atoms with van der Waals surface area (Å²) in [7, 11) is 0. The van der Waals surface area contributed by atoms with Crippen LogP contribution < -0.4 is 5.32 Å². The molecular formula is C21H28N4OS. The van der Waals surface area contributed by atoms with E-state index in [0.717, 1.165) is 56.4 Å². The third kappa shape index (κ3) is 4.33. The second-order valence-electron chi connectivity index (χ2n) is 7.63. The maximum absolute atomic E-state index is 12.6. The predicted octanol–water partition coefficient (Wildman–Crippen LogP) is 4.03. The molecule has 144 valence electrons. The lowest BCUT2D eigenvalue weighted by molar-refractivity contribution is -0.137. The van der Waals surface area contributed by atoms with E-state index in [2.05, 4.69) is 45.2 Å². The SMILES string of the molecule is Cc1c(CN2CCN(C(=O)C3CCCC3)CC2)cccc1Nc1nccs1. The number of hydrogen-bond acceptors (Lipinski definition) is 5. The fourth-order valence-corrected chi connectivity index (χ4v) is 4.73. The molecule has 2 fully saturated rings. The predicted molar refractivity (Wildman–Crippen MR) is 110 cm³/mol. The smallest absolute Gasteiger partial charge is 0.225 e. The van der Waals surface area contributed by atoms with E-state index in [0.29, 0.717) is 11.8 Å². The molecule has 2 heterocycles. The largest absolute Gasteiger partial charge is 0.340 e. The molecule has 0 bridgehead atoms. The Morgan fingerprint density at radius 2 is 2.00 bits per heavy atom. The number of anilines is 2. The number of aromatic nitrogens is 1. The Hall–Kier alpha value is -1.92. The summed E-state index contributed by atoms with van der Waals surface area (Å²) in [6.45, 7) is 6.76. The van der Waals surface area contributed by atoms with Crippen molar-refractivity contribution in [1.82, 2.24) is 14.8 Å². The molecule has 1 aliphatic carbocycles. The molecule has 6 heteroatoms. The molecule has 1 aromatic carbocycles. The molecule has 1 amide bonds. The Bertz CT molecular complexity index is 762. The van der Waals surface area contributed by atoms with E-state index in [1.807, 2.05) is 11.6 Å². The number of carbonyl (C=O) groups excluding carboxylic acids is 1. The van der Waals surface area contributed by atoms with Crippen LogP contribution in [0, 0.1) is 12.8 Å². The van der Waals surface area contributed by atoms with Gasteiger partial charge in [-0.05, 0) is 37.0 Å². The Balaban J connectivity index is 1.34. The summed E-state index contributed by atoms with van der Waals surface area (Å²) in [6.07, 6.45) is 6.45. The van der Waals surface area contributed by atoms with Crippen LogP contribution in [0.2, 0.25) is 0 Å². The molecule has 27 heavy (non-hydrogen) atoms. The molecular weight excluding hydrogens is 356 g/mol. The molecule has 0 unspecified atom stereocenters. The lowest BCUT2D eigenvalue weighted by atomic mass is 10.0. The zero-order valence-corrected chi connectivity index (χ0v) is 16.8. The van der Waals surface area contributed by atoms with Crippen molar-refractivity contribution in [2.24, 2.45) is 5.92 Å². The molecule has 2 aliphatic rings. The van der Waals surface area contributed by atoms with E-state index in [-0.39, 0.29) is 0 Å². The monoisotopic (exact) mass is 384 g/mol. The van der Waals surface area contributed by atoms with Crippen LogP contribution in [0.5, 0.6) is 0 Å². The van der Waals surface area contributed by atoms with E-state index in [4.69, 9.17) is 0 Å². The number of carbonyl (C=O) groups is 1. The van der Waals surface area contributed by atoms with Crippen LogP contribution in [0.25, 0.3) is 0 Å². The van der Waals surface area contributed by atoms with E-state index in [1.165, 1.54) is 24.0 Å². The van der Waals surface area contributed by atoms with Gasteiger partial charge in [0.05, 0.1) is 0 Å². The number of rotatable bonds is 5. The van der Waals surface area contributed by atoms with Crippen molar-refractivity contribution in [3.05, 3.63) is 40.9 Å². The van der Waals surface area contributed by atoms with Crippen molar-refractivity contribution >= 4 is 28.1 Å². The maximum Gasteiger partial charge on any atom is 0.225 e. The number of nitrogens with one attached hydrogen (secondary N) is 1. The maximum atomic E-state index is 12.6. The second kappa shape index (κ2) is 8.40. The topological polar surface area (TPSA) is 48.5 Å². The lowest BCUT2D eigenvalue weighted by Gasteiger charge is -2.36. The normalized spacial score (nSPS) is 18.8. The van der Waals surface area contributed by atoms with Gasteiger partial charge in [0.1, 0.15) is 0 Å². The number of benzene rings is 1. The summed E-state index contributed by atoms with van der Waals surface area (Å²) in [5, 5.41) is 6.32. The molecule has 0 atom stereocenters. The first-order valence-electron chi connectivity index (χ1n) is 9.97. The first-order chi connectivity index (χ1) is 13.2. The number of thiazole rings is 1. The average molecular weight is 385 g/mol. The van der Waals surface area contributed by atoms with Crippen molar-refractivity contribution in [3.63, 3.8) is 0 Å². The van der Waals surface area contributed by atoms with E-state index in [9.17, 15) is 4.79 Å². The van der Waals surface area contributed by atoms with Gasteiger partial charge in [0, 0.05) is 55.9 Å². The highest BCUT2D eigenvalue weighted by Crippen LogP contribution is 2.28. The molecule has 0 spiro atoms. The number of hydrogen-bond donors (Lipinski definition) is 1. The van der Waals surface area contributed by atoms with Gasteiger partial charge < -0.3 is 10.2 Å². The fourth-order valence-electron chi connectivity index (χ4n) is 4.19. The van der Waals surface area contributed by atoms with E-state index >= 15 is 0 Å². The van der Waals surface area contributed by atoms with Crippen LogP contribution in [0.15, 0.2) is 29.8 Å². The summed E-state index contributed by atoms with van der Waals surface area (Å²) in [5.74, 6) is 0.699. The molecule has 0 radical (unpaired) electrons. The van der Waals surface area contributed by atoms with Crippen LogP contribution in [0.1, 0.15) is 36.8 Å². The van der Waals surface area contributed by atoms with Crippen LogP contribution in [-0.2, 0) is 11.3 Å². The highest BCUT2D eigenvalue weighted by molar-refractivity contribution is 7.13. The first kappa shape index (κ1) is 18.4. The molecule has 1 aromatic heterocycles. The Kier molecular flexibility index (Phi) is 5.74. The quantitative estimate of drug-likeness (QED) is 0.846. The summed E-state index contributed by atoms with van der Waals surface area (Å²) in [4.78, 5) is 21.5. The Labute approximate surface area is 165 Å².